The molecule has 0 saturated heterocycles. The number of ether oxygens (including phenoxy) is 3. The molecule has 1 aliphatic rings. The number of carbonyl (C=O) groups excluding carboxylic acids is 3. The van der Waals surface area contributed by atoms with Crippen LogP contribution in [0.1, 0.15) is 23.1 Å². The number of methoxy groups -OCH3 is 1. The second kappa shape index (κ2) is 10.5. The molecule has 8 heteroatoms. The lowest BCUT2D eigenvalue weighted by molar-refractivity contribution is -0.150. The van der Waals surface area contributed by atoms with Crippen molar-refractivity contribution in [1.82, 2.24) is 5.32 Å². The van der Waals surface area contributed by atoms with Gasteiger partial charge in [0.25, 0.3) is 5.91 Å². The van der Waals surface area contributed by atoms with Crippen molar-refractivity contribution >= 4 is 23.5 Å². The summed E-state index contributed by atoms with van der Waals surface area (Å²) in [5.41, 5.74) is 4.02. The highest BCUT2D eigenvalue weighted by atomic mass is 16.6. The van der Waals surface area contributed by atoms with Crippen molar-refractivity contribution in [2.75, 3.05) is 32.2 Å². The minimum absolute atomic E-state index is 0.265. The maximum absolute atomic E-state index is 12.1. The molecule has 3 rings (SSSR count). The molecule has 164 valence electrons. The number of benzene rings is 2. The molecule has 31 heavy (non-hydrogen) atoms. The lowest BCUT2D eigenvalue weighted by Gasteiger charge is -2.12. The molecule has 0 fully saturated rings. The first-order valence-corrected chi connectivity index (χ1v) is 10.1. The number of aryl methyl sites for hydroxylation is 3. The average molecular weight is 426 g/mol. The van der Waals surface area contributed by atoms with Crippen molar-refractivity contribution in [2.45, 2.75) is 26.2 Å². The van der Waals surface area contributed by atoms with Gasteiger partial charge in [-0.05, 0) is 67.1 Å². The molecule has 0 radical (unpaired) electrons. The van der Waals surface area contributed by atoms with Gasteiger partial charge in [0.15, 0.2) is 13.2 Å². The quantitative estimate of drug-likeness (QED) is 0.596. The Bertz CT molecular complexity index is 973. The standard InChI is InChI=1S/C23H26N2O6/c1-15-6-9-20(29-2)19(10-15)25-21(26)12-24-22(27)13-31-23(28)14-30-18-8-7-16-4-3-5-17(16)11-18/h6-11H,3-5,12-14H2,1-2H3,(H,24,27)(H,25,26). The number of fused-ring (bicyclic) bond motifs is 1. The summed E-state index contributed by atoms with van der Waals surface area (Å²) in [7, 11) is 1.50. The van der Waals surface area contributed by atoms with Crippen LogP contribution >= 0.6 is 0 Å². The van der Waals surface area contributed by atoms with Crippen molar-refractivity contribution in [2.24, 2.45) is 0 Å². The summed E-state index contributed by atoms with van der Waals surface area (Å²) in [5.74, 6) is -0.557. The summed E-state index contributed by atoms with van der Waals surface area (Å²) in [6.45, 7) is 0.839. The van der Waals surface area contributed by atoms with Crippen molar-refractivity contribution in [3.8, 4) is 11.5 Å². The maximum Gasteiger partial charge on any atom is 0.344 e. The molecule has 0 bridgehead atoms. The van der Waals surface area contributed by atoms with Crippen LogP contribution in [-0.2, 0) is 32.0 Å². The lowest BCUT2D eigenvalue weighted by Crippen LogP contribution is -2.36. The molecule has 0 saturated carbocycles. The number of hydrogen-bond donors (Lipinski definition) is 2. The van der Waals surface area contributed by atoms with Gasteiger partial charge in [0.05, 0.1) is 19.3 Å². The number of carbonyl (C=O) groups is 3. The third-order valence-electron chi connectivity index (χ3n) is 4.87. The number of nitrogens with one attached hydrogen (secondary N) is 2. The highest BCUT2D eigenvalue weighted by Crippen LogP contribution is 2.26. The third kappa shape index (κ3) is 6.47. The topological polar surface area (TPSA) is 103 Å². The van der Waals surface area contributed by atoms with E-state index >= 15 is 0 Å². The number of anilines is 1. The first-order valence-electron chi connectivity index (χ1n) is 10.1. The molecule has 1 aliphatic carbocycles. The maximum atomic E-state index is 12.1. The van der Waals surface area contributed by atoms with Crippen LogP contribution in [0, 0.1) is 6.92 Å². The Balaban J connectivity index is 1.35. The van der Waals surface area contributed by atoms with Gasteiger partial charge >= 0.3 is 5.97 Å². The largest absolute Gasteiger partial charge is 0.495 e. The highest BCUT2D eigenvalue weighted by molar-refractivity contribution is 5.96. The first-order chi connectivity index (χ1) is 14.9. The Kier molecular flexibility index (Phi) is 7.48. The lowest BCUT2D eigenvalue weighted by atomic mass is 10.1. The second-order valence-electron chi connectivity index (χ2n) is 7.26. The van der Waals surface area contributed by atoms with E-state index in [1.807, 2.05) is 31.2 Å². The van der Waals surface area contributed by atoms with Gasteiger partial charge < -0.3 is 24.8 Å². The van der Waals surface area contributed by atoms with Crippen LogP contribution in [0.25, 0.3) is 0 Å². The zero-order valence-corrected chi connectivity index (χ0v) is 17.7. The average Bonchev–Trinajstić information content (AvgIpc) is 3.23. The van der Waals surface area contributed by atoms with Gasteiger partial charge in [-0.3, -0.25) is 9.59 Å². The first kappa shape index (κ1) is 22.1. The number of amides is 2. The van der Waals surface area contributed by atoms with Gasteiger partial charge in [-0.25, -0.2) is 4.79 Å². The van der Waals surface area contributed by atoms with Gasteiger partial charge in [-0.1, -0.05) is 12.1 Å². The van der Waals surface area contributed by atoms with Crippen molar-refractivity contribution in [1.29, 1.82) is 0 Å². The van der Waals surface area contributed by atoms with Crippen molar-refractivity contribution in [3.63, 3.8) is 0 Å². The van der Waals surface area contributed by atoms with E-state index < -0.39 is 24.4 Å². The predicted octanol–water partition coefficient (Wildman–Crippen LogP) is 2.17. The van der Waals surface area contributed by atoms with E-state index in [2.05, 4.69) is 10.6 Å². The molecule has 8 nitrogen and oxygen atoms in total. The molecule has 0 atom stereocenters. The molecule has 0 heterocycles. The number of hydrogen-bond acceptors (Lipinski definition) is 6. The van der Waals surface area contributed by atoms with E-state index in [1.54, 1.807) is 12.1 Å². The Hall–Kier alpha value is -3.55. The zero-order valence-electron chi connectivity index (χ0n) is 17.7. The molecule has 2 aromatic rings. The highest BCUT2D eigenvalue weighted by Gasteiger charge is 2.14. The molecule has 2 N–H and O–H groups in total. The summed E-state index contributed by atoms with van der Waals surface area (Å²) in [5, 5.41) is 5.07. The number of rotatable bonds is 9. The van der Waals surface area contributed by atoms with Crippen LogP contribution in [0.15, 0.2) is 36.4 Å². The second-order valence-corrected chi connectivity index (χ2v) is 7.26. The zero-order chi connectivity index (χ0) is 22.2. The SMILES string of the molecule is COc1ccc(C)cc1NC(=O)CNC(=O)COC(=O)COc1ccc2c(c1)CCC2. The van der Waals surface area contributed by atoms with E-state index in [0.717, 1.165) is 24.8 Å². The summed E-state index contributed by atoms with van der Waals surface area (Å²) in [6, 6.07) is 11.1. The summed E-state index contributed by atoms with van der Waals surface area (Å²) < 4.78 is 15.5. The fourth-order valence-electron chi connectivity index (χ4n) is 3.31. The van der Waals surface area contributed by atoms with Crippen LogP contribution in [-0.4, -0.2) is 44.7 Å². The molecule has 0 aromatic heterocycles. The van der Waals surface area contributed by atoms with Crippen molar-refractivity contribution < 1.29 is 28.6 Å². The minimum Gasteiger partial charge on any atom is -0.495 e. The van der Waals surface area contributed by atoms with Crippen LogP contribution in [0.5, 0.6) is 11.5 Å². The van der Waals surface area contributed by atoms with Crippen LogP contribution < -0.4 is 20.1 Å². The fourth-order valence-corrected chi connectivity index (χ4v) is 3.31. The molecule has 0 unspecified atom stereocenters. The van der Waals surface area contributed by atoms with Crippen LogP contribution in [0.3, 0.4) is 0 Å². The molecule has 0 spiro atoms. The van der Waals surface area contributed by atoms with Crippen LogP contribution in [0.2, 0.25) is 0 Å². The monoisotopic (exact) mass is 426 g/mol. The summed E-state index contributed by atoms with van der Waals surface area (Å²) >= 11 is 0. The normalized spacial score (nSPS) is 11.9. The molecule has 0 aliphatic heterocycles. The van der Waals surface area contributed by atoms with Gasteiger partial charge in [-0.15, -0.1) is 0 Å². The Morgan fingerprint density at radius 1 is 0.968 bits per heavy atom. The van der Waals surface area contributed by atoms with Crippen LogP contribution in [0.4, 0.5) is 5.69 Å². The Labute approximate surface area is 180 Å². The molecular formula is C23H26N2O6. The fraction of sp³-hybridized carbons (Fsp3) is 0.348. The van der Waals surface area contributed by atoms with E-state index in [9.17, 15) is 14.4 Å². The minimum atomic E-state index is -0.662. The molecule has 2 aromatic carbocycles. The Morgan fingerprint density at radius 3 is 2.58 bits per heavy atom. The van der Waals surface area contributed by atoms with Gasteiger partial charge in [0.2, 0.25) is 5.91 Å². The summed E-state index contributed by atoms with van der Waals surface area (Å²) in [4.78, 5) is 35.7. The van der Waals surface area contributed by atoms with Gasteiger partial charge in [0, 0.05) is 0 Å². The van der Waals surface area contributed by atoms with Gasteiger partial charge in [0.1, 0.15) is 11.5 Å². The van der Waals surface area contributed by atoms with E-state index in [0.29, 0.717) is 17.2 Å². The Morgan fingerprint density at radius 2 is 1.77 bits per heavy atom. The predicted molar refractivity (Wildman–Crippen MR) is 114 cm³/mol. The smallest absolute Gasteiger partial charge is 0.344 e. The van der Waals surface area contributed by atoms with E-state index in [-0.39, 0.29) is 13.2 Å². The van der Waals surface area contributed by atoms with E-state index in [1.165, 1.54) is 18.2 Å². The van der Waals surface area contributed by atoms with E-state index in [4.69, 9.17) is 14.2 Å². The van der Waals surface area contributed by atoms with Gasteiger partial charge in [-0.2, -0.15) is 0 Å². The summed E-state index contributed by atoms with van der Waals surface area (Å²) in [6.07, 6.45) is 3.22. The molecular weight excluding hydrogens is 400 g/mol. The third-order valence-corrected chi connectivity index (χ3v) is 4.87. The number of esters is 1. The molecule has 2 amide bonds. The van der Waals surface area contributed by atoms with Crippen molar-refractivity contribution in [3.05, 3.63) is 53.1 Å².